The molecule has 1 heterocycles. The Balaban J connectivity index is 1.54. The van der Waals surface area contributed by atoms with E-state index in [1.165, 1.54) is 0 Å². The summed E-state index contributed by atoms with van der Waals surface area (Å²) in [4.78, 5) is 8.65. The first-order valence-corrected chi connectivity index (χ1v) is 8.78. The van der Waals surface area contributed by atoms with Gasteiger partial charge in [-0.1, -0.05) is 41.9 Å². The zero-order valence-corrected chi connectivity index (χ0v) is 15.3. The number of para-hydroxylation sites is 1. The fourth-order valence-electron chi connectivity index (χ4n) is 2.46. The van der Waals surface area contributed by atoms with Gasteiger partial charge in [0.15, 0.2) is 0 Å². The van der Waals surface area contributed by atoms with Crippen LogP contribution in [-0.2, 0) is 6.42 Å². The van der Waals surface area contributed by atoms with E-state index in [0.29, 0.717) is 31.3 Å². The SMILES string of the molecule is Cc1ccc(Cc2cnc(NCCOc3ccccc3)nc2N)cc1Cl. The molecule has 0 fully saturated rings. The van der Waals surface area contributed by atoms with Crippen LogP contribution in [0, 0.1) is 6.92 Å². The lowest BCUT2D eigenvalue weighted by molar-refractivity contribution is 0.332. The minimum Gasteiger partial charge on any atom is -0.492 e. The fourth-order valence-corrected chi connectivity index (χ4v) is 2.66. The Labute approximate surface area is 158 Å². The summed E-state index contributed by atoms with van der Waals surface area (Å²) in [6, 6.07) is 15.6. The van der Waals surface area contributed by atoms with E-state index in [2.05, 4.69) is 15.3 Å². The number of anilines is 2. The fraction of sp³-hybridized carbons (Fsp3) is 0.200. The highest BCUT2D eigenvalue weighted by molar-refractivity contribution is 6.31. The molecule has 1 aromatic heterocycles. The van der Waals surface area contributed by atoms with E-state index < -0.39 is 0 Å². The lowest BCUT2D eigenvalue weighted by Gasteiger charge is -2.10. The Morgan fingerprint density at radius 2 is 1.96 bits per heavy atom. The molecule has 2 aromatic carbocycles. The number of ether oxygens (including phenoxy) is 1. The van der Waals surface area contributed by atoms with Crippen molar-refractivity contribution in [2.24, 2.45) is 0 Å². The zero-order chi connectivity index (χ0) is 18.4. The monoisotopic (exact) mass is 368 g/mol. The quantitative estimate of drug-likeness (QED) is 0.614. The standard InChI is InChI=1S/C20H21ClN4O/c1-14-7-8-15(12-18(14)21)11-16-13-24-20(25-19(16)22)23-9-10-26-17-5-3-2-4-6-17/h2-8,12-13H,9-11H2,1H3,(H3,22,23,24,25). The highest BCUT2D eigenvalue weighted by Gasteiger charge is 2.07. The minimum absolute atomic E-state index is 0.461. The predicted molar refractivity (Wildman–Crippen MR) is 106 cm³/mol. The van der Waals surface area contributed by atoms with E-state index in [0.717, 1.165) is 27.5 Å². The molecule has 0 saturated heterocycles. The van der Waals surface area contributed by atoms with Crippen molar-refractivity contribution < 1.29 is 4.74 Å². The smallest absolute Gasteiger partial charge is 0.224 e. The summed E-state index contributed by atoms with van der Waals surface area (Å²) in [6.07, 6.45) is 2.39. The van der Waals surface area contributed by atoms with Gasteiger partial charge in [0.25, 0.3) is 0 Å². The van der Waals surface area contributed by atoms with Crippen LogP contribution in [0.3, 0.4) is 0 Å². The van der Waals surface area contributed by atoms with Gasteiger partial charge >= 0.3 is 0 Å². The maximum absolute atomic E-state index is 6.18. The molecule has 3 N–H and O–H groups in total. The highest BCUT2D eigenvalue weighted by atomic mass is 35.5. The van der Waals surface area contributed by atoms with Crippen molar-refractivity contribution in [3.63, 3.8) is 0 Å². The van der Waals surface area contributed by atoms with Crippen LogP contribution in [0.5, 0.6) is 5.75 Å². The van der Waals surface area contributed by atoms with Gasteiger partial charge in [-0.25, -0.2) is 4.98 Å². The molecule has 0 aliphatic heterocycles. The van der Waals surface area contributed by atoms with Crippen molar-refractivity contribution in [2.75, 3.05) is 24.2 Å². The zero-order valence-electron chi connectivity index (χ0n) is 14.6. The van der Waals surface area contributed by atoms with Crippen molar-refractivity contribution in [3.8, 4) is 5.75 Å². The summed E-state index contributed by atoms with van der Waals surface area (Å²) in [5.41, 5.74) is 9.08. The number of nitrogens with zero attached hydrogens (tertiary/aromatic N) is 2. The molecule has 0 aliphatic carbocycles. The number of hydrogen-bond donors (Lipinski definition) is 2. The molecular weight excluding hydrogens is 348 g/mol. The van der Waals surface area contributed by atoms with Crippen molar-refractivity contribution in [3.05, 3.63) is 76.4 Å². The van der Waals surface area contributed by atoms with Crippen LogP contribution in [0.1, 0.15) is 16.7 Å². The molecule has 3 rings (SSSR count). The number of nitrogens with one attached hydrogen (secondary N) is 1. The molecule has 0 unspecified atom stereocenters. The van der Waals surface area contributed by atoms with E-state index in [1.54, 1.807) is 6.20 Å². The molecule has 26 heavy (non-hydrogen) atoms. The highest BCUT2D eigenvalue weighted by Crippen LogP contribution is 2.21. The lowest BCUT2D eigenvalue weighted by atomic mass is 10.1. The number of aryl methyl sites for hydroxylation is 1. The molecule has 0 radical (unpaired) electrons. The molecule has 0 saturated carbocycles. The molecule has 0 spiro atoms. The van der Waals surface area contributed by atoms with Gasteiger partial charge in [-0.15, -0.1) is 0 Å². The van der Waals surface area contributed by atoms with Crippen LogP contribution in [0.4, 0.5) is 11.8 Å². The van der Waals surface area contributed by atoms with E-state index >= 15 is 0 Å². The first-order chi connectivity index (χ1) is 12.6. The lowest BCUT2D eigenvalue weighted by Crippen LogP contribution is -2.14. The summed E-state index contributed by atoms with van der Waals surface area (Å²) < 4.78 is 5.62. The summed E-state index contributed by atoms with van der Waals surface area (Å²) in [5.74, 6) is 1.79. The van der Waals surface area contributed by atoms with Crippen LogP contribution in [-0.4, -0.2) is 23.1 Å². The molecule has 0 bridgehead atoms. The number of hydrogen-bond acceptors (Lipinski definition) is 5. The molecular formula is C20H21ClN4O. The molecule has 0 aliphatic rings. The Kier molecular flexibility index (Phi) is 5.92. The van der Waals surface area contributed by atoms with Gasteiger partial charge in [0, 0.05) is 23.2 Å². The van der Waals surface area contributed by atoms with E-state index in [4.69, 9.17) is 22.1 Å². The summed E-state index contributed by atoms with van der Waals surface area (Å²) in [6.45, 7) is 3.07. The molecule has 0 amide bonds. The summed E-state index contributed by atoms with van der Waals surface area (Å²) in [7, 11) is 0. The number of rotatable bonds is 7. The Morgan fingerprint density at radius 1 is 1.15 bits per heavy atom. The molecule has 6 heteroatoms. The molecule has 0 atom stereocenters. The predicted octanol–water partition coefficient (Wildman–Crippen LogP) is 4.10. The van der Waals surface area contributed by atoms with Gasteiger partial charge in [-0.3, -0.25) is 0 Å². The van der Waals surface area contributed by atoms with Gasteiger partial charge in [-0.05, 0) is 36.2 Å². The van der Waals surface area contributed by atoms with Gasteiger partial charge in [-0.2, -0.15) is 4.98 Å². The number of aromatic nitrogens is 2. The van der Waals surface area contributed by atoms with Gasteiger partial charge < -0.3 is 15.8 Å². The second kappa shape index (κ2) is 8.54. The second-order valence-electron chi connectivity index (χ2n) is 5.95. The van der Waals surface area contributed by atoms with Gasteiger partial charge in [0.1, 0.15) is 18.2 Å². The van der Waals surface area contributed by atoms with Crippen LogP contribution in [0.25, 0.3) is 0 Å². The summed E-state index contributed by atoms with van der Waals surface area (Å²) >= 11 is 6.18. The largest absolute Gasteiger partial charge is 0.492 e. The number of nitrogens with two attached hydrogens (primary N) is 1. The summed E-state index contributed by atoms with van der Waals surface area (Å²) in [5, 5.41) is 3.86. The van der Waals surface area contributed by atoms with Gasteiger partial charge in [0.2, 0.25) is 5.95 Å². The number of nitrogen functional groups attached to an aromatic ring is 1. The maximum atomic E-state index is 6.18. The van der Waals surface area contributed by atoms with Crippen LogP contribution >= 0.6 is 11.6 Å². The first-order valence-electron chi connectivity index (χ1n) is 8.40. The molecule has 5 nitrogen and oxygen atoms in total. The average Bonchev–Trinajstić information content (AvgIpc) is 2.65. The number of benzene rings is 2. The molecule has 134 valence electrons. The third kappa shape index (κ3) is 4.86. The van der Waals surface area contributed by atoms with E-state index in [9.17, 15) is 0 Å². The van der Waals surface area contributed by atoms with E-state index in [1.807, 2.05) is 55.5 Å². The minimum atomic E-state index is 0.461. The normalized spacial score (nSPS) is 10.5. The van der Waals surface area contributed by atoms with Crippen molar-refractivity contribution in [2.45, 2.75) is 13.3 Å². The van der Waals surface area contributed by atoms with Crippen LogP contribution in [0.15, 0.2) is 54.7 Å². The average molecular weight is 369 g/mol. The van der Waals surface area contributed by atoms with Crippen molar-refractivity contribution in [1.82, 2.24) is 9.97 Å². The second-order valence-corrected chi connectivity index (χ2v) is 6.36. The Morgan fingerprint density at radius 3 is 2.69 bits per heavy atom. The maximum Gasteiger partial charge on any atom is 0.224 e. The third-order valence-electron chi connectivity index (χ3n) is 3.93. The van der Waals surface area contributed by atoms with Gasteiger partial charge in [0.05, 0.1) is 6.54 Å². The topological polar surface area (TPSA) is 73.1 Å². The van der Waals surface area contributed by atoms with Crippen molar-refractivity contribution in [1.29, 1.82) is 0 Å². The first kappa shape index (κ1) is 18.0. The van der Waals surface area contributed by atoms with Crippen molar-refractivity contribution >= 4 is 23.4 Å². The van der Waals surface area contributed by atoms with Crippen LogP contribution in [0.2, 0.25) is 5.02 Å². The Hall–Kier alpha value is -2.79. The third-order valence-corrected chi connectivity index (χ3v) is 4.33. The Bertz CT molecular complexity index is 871. The van der Waals surface area contributed by atoms with Crippen LogP contribution < -0.4 is 15.8 Å². The molecule has 3 aromatic rings. The van der Waals surface area contributed by atoms with E-state index in [-0.39, 0.29) is 0 Å². The number of halogens is 1.